The Morgan fingerprint density at radius 2 is 2.25 bits per heavy atom. The maximum atomic E-state index is 13.7. The number of amides is 1. The monoisotopic (exact) mass is 278 g/mol. The van der Waals surface area contributed by atoms with Gasteiger partial charge in [0.25, 0.3) is 0 Å². The van der Waals surface area contributed by atoms with E-state index in [0.717, 1.165) is 6.07 Å². The molecule has 0 bridgehead atoms. The molecule has 0 aliphatic rings. The molecule has 0 saturated heterocycles. The number of hydrogen-bond acceptors (Lipinski definition) is 4. The van der Waals surface area contributed by atoms with Gasteiger partial charge in [0, 0.05) is 11.6 Å². The Morgan fingerprint density at radius 3 is 2.85 bits per heavy atom. The first kappa shape index (κ1) is 14.0. The molecule has 6 nitrogen and oxygen atoms in total. The first-order valence-electron chi connectivity index (χ1n) is 6.09. The van der Waals surface area contributed by atoms with E-state index < -0.39 is 11.7 Å². The molecule has 0 aliphatic heterocycles. The van der Waals surface area contributed by atoms with E-state index in [2.05, 4.69) is 10.1 Å². The van der Waals surface area contributed by atoms with Crippen LogP contribution in [-0.2, 0) is 6.61 Å². The number of primary amides is 1. The molecule has 0 saturated carbocycles. The molecule has 2 N–H and O–H groups in total. The molecule has 0 spiro atoms. The second kappa shape index (κ2) is 5.68. The summed E-state index contributed by atoms with van der Waals surface area (Å²) in [5.41, 5.74) is 5.17. The number of benzene rings is 1. The van der Waals surface area contributed by atoms with Crippen LogP contribution in [0.15, 0.2) is 24.5 Å². The second-order valence-corrected chi connectivity index (χ2v) is 4.51. The minimum Gasteiger partial charge on any atom is -0.483 e. The summed E-state index contributed by atoms with van der Waals surface area (Å²) in [6.07, 6.45) is 1.42. The van der Waals surface area contributed by atoms with Gasteiger partial charge in [0.05, 0.1) is 0 Å². The minimum atomic E-state index is -0.685. The van der Waals surface area contributed by atoms with Gasteiger partial charge in [-0.1, -0.05) is 0 Å². The van der Waals surface area contributed by atoms with Crippen LogP contribution < -0.4 is 10.5 Å². The fourth-order valence-corrected chi connectivity index (χ4v) is 1.72. The average Bonchev–Trinajstić information content (AvgIpc) is 2.85. The van der Waals surface area contributed by atoms with Crippen molar-refractivity contribution in [2.45, 2.75) is 26.5 Å². The third-order valence-corrected chi connectivity index (χ3v) is 2.71. The lowest BCUT2D eigenvalue weighted by Crippen LogP contribution is -2.12. The van der Waals surface area contributed by atoms with Crippen LogP contribution in [0.4, 0.5) is 4.39 Å². The predicted octanol–water partition coefficient (Wildman–Crippen LogP) is 1.68. The number of aromatic nitrogens is 3. The highest BCUT2D eigenvalue weighted by atomic mass is 19.1. The van der Waals surface area contributed by atoms with Crippen molar-refractivity contribution >= 4 is 5.91 Å². The lowest BCUT2D eigenvalue weighted by atomic mass is 10.2. The number of nitrogens with zero attached hydrogens (tertiary/aromatic N) is 3. The number of carbonyl (C=O) groups excluding carboxylic acids is 1. The molecule has 2 rings (SSSR count). The van der Waals surface area contributed by atoms with Crippen molar-refractivity contribution in [1.82, 2.24) is 14.8 Å². The van der Waals surface area contributed by atoms with Gasteiger partial charge in [0.2, 0.25) is 5.91 Å². The van der Waals surface area contributed by atoms with Gasteiger partial charge in [-0.05, 0) is 32.0 Å². The van der Waals surface area contributed by atoms with E-state index in [1.54, 1.807) is 4.68 Å². The van der Waals surface area contributed by atoms with Crippen molar-refractivity contribution in [2.75, 3.05) is 0 Å². The number of rotatable bonds is 5. The maximum absolute atomic E-state index is 13.7. The molecular weight excluding hydrogens is 263 g/mol. The van der Waals surface area contributed by atoms with Crippen molar-refractivity contribution in [2.24, 2.45) is 5.73 Å². The largest absolute Gasteiger partial charge is 0.483 e. The highest BCUT2D eigenvalue weighted by Crippen LogP contribution is 2.19. The number of nitrogens with two attached hydrogens (primary N) is 1. The lowest BCUT2D eigenvalue weighted by molar-refractivity contribution is 0.0999. The fraction of sp³-hybridized carbons (Fsp3) is 0.308. The standard InChI is InChI=1S/C13H15FN4O2/c1-8(2)18-12(16-7-17-18)6-20-11-4-3-9(13(15)19)5-10(11)14/h3-5,7-8H,6H2,1-2H3,(H2,15,19). The van der Waals surface area contributed by atoms with E-state index >= 15 is 0 Å². The Hall–Kier alpha value is -2.44. The van der Waals surface area contributed by atoms with Crippen molar-refractivity contribution in [1.29, 1.82) is 0 Å². The zero-order valence-corrected chi connectivity index (χ0v) is 11.2. The minimum absolute atomic E-state index is 0.0355. The highest BCUT2D eigenvalue weighted by molar-refractivity contribution is 5.92. The smallest absolute Gasteiger partial charge is 0.248 e. The summed E-state index contributed by atoms with van der Waals surface area (Å²) in [6.45, 7) is 4.01. The van der Waals surface area contributed by atoms with Crippen LogP contribution in [0.5, 0.6) is 5.75 Å². The molecule has 1 aromatic heterocycles. The second-order valence-electron chi connectivity index (χ2n) is 4.51. The SMILES string of the molecule is CC(C)n1ncnc1COc1ccc(C(N)=O)cc1F. The topological polar surface area (TPSA) is 83.0 Å². The quantitative estimate of drug-likeness (QED) is 0.901. The molecule has 1 aromatic carbocycles. The molecule has 0 unspecified atom stereocenters. The number of ether oxygens (including phenoxy) is 1. The molecule has 20 heavy (non-hydrogen) atoms. The molecular formula is C13H15FN4O2. The van der Waals surface area contributed by atoms with E-state index in [1.807, 2.05) is 13.8 Å². The summed E-state index contributed by atoms with van der Waals surface area (Å²) < 4.78 is 20.8. The molecule has 0 radical (unpaired) electrons. The van der Waals surface area contributed by atoms with Gasteiger partial charge in [-0.3, -0.25) is 4.79 Å². The highest BCUT2D eigenvalue weighted by Gasteiger charge is 2.11. The normalized spacial score (nSPS) is 10.8. The van der Waals surface area contributed by atoms with Gasteiger partial charge >= 0.3 is 0 Å². The van der Waals surface area contributed by atoms with Crippen molar-refractivity contribution in [3.05, 3.63) is 41.7 Å². The van der Waals surface area contributed by atoms with E-state index in [0.29, 0.717) is 5.82 Å². The summed E-state index contributed by atoms with van der Waals surface area (Å²) >= 11 is 0. The Balaban J connectivity index is 2.11. The van der Waals surface area contributed by atoms with E-state index in [-0.39, 0.29) is 24.0 Å². The summed E-state index contributed by atoms with van der Waals surface area (Å²) in [5.74, 6) is -0.696. The molecule has 1 amide bonds. The molecule has 1 heterocycles. The van der Waals surface area contributed by atoms with Gasteiger partial charge in [-0.15, -0.1) is 0 Å². The summed E-state index contributed by atoms with van der Waals surface area (Å²) in [7, 11) is 0. The van der Waals surface area contributed by atoms with Crippen molar-refractivity contribution < 1.29 is 13.9 Å². The summed E-state index contributed by atoms with van der Waals surface area (Å²) in [4.78, 5) is 15.0. The fourth-order valence-electron chi connectivity index (χ4n) is 1.72. The van der Waals surface area contributed by atoms with Crippen LogP contribution in [-0.4, -0.2) is 20.7 Å². The Labute approximate surface area is 115 Å². The van der Waals surface area contributed by atoms with E-state index in [1.165, 1.54) is 18.5 Å². The molecule has 0 aliphatic carbocycles. The third-order valence-electron chi connectivity index (χ3n) is 2.71. The Morgan fingerprint density at radius 1 is 1.50 bits per heavy atom. The lowest BCUT2D eigenvalue weighted by Gasteiger charge is -2.11. The summed E-state index contributed by atoms with van der Waals surface area (Å²) in [5, 5.41) is 4.06. The number of halogens is 1. The first-order valence-corrected chi connectivity index (χ1v) is 6.09. The molecule has 7 heteroatoms. The Bertz CT molecular complexity index is 625. The maximum Gasteiger partial charge on any atom is 0.248 e. The van der Waals surface area contributed by atoms with Crippen LogP contribution >= 0.6 is 0 Å². The number of carbonyl (C=O) groups is 1. The molecule has 0 fully saturated rings. The zero-order valence-electron chi connectivity index (χ0n) is 11.2. The van der Waals surface area contributed by atoms with Gasteiger partial charge in [0.1, 0.15) is 12.9 Å². The van der Waals surface area contributed by atoms with Crippen molar-refractivity contribution in [3.8, 4) is 5.75 Å². The van der Waals surface area contributed by atoms with Crippen molar-refractivity contribution in [3.63, 3.8) is 0 Å². The van der Waals surface area contributed by atoms with E-state index in [4.69, 9.17) is 10.5 Å². The molecule has 0 atom stereocenters. The average molecular weight is 278 g/mol. The van der Waals surface area contributed by atoms with Crippen LogP contribution in [0.2, 0.25) is 0 Å². The van der Waals surface area contributed by atoms with Crippen LogP contribution in [0.25, 0.3) is 0 Å². The third kappa shape index (κ3) is 2.93. The molecule has 2 aromatic rings. The van der Waals surface area contributed by atoms with Crippen LogP contribution in [0.3, 0.4) is 0 Å². The predicted molar refractivity (Wildman–Crippen MR) is 69.7 cm³/mol. The van der Waals surface area contributed by atoms with Gasteiger partial charge in [-0.2, -0.15) is 5.10 Å². The zero-order chi connectivity index (χ0) is 14.7. The Kier molecular flexibility index (Phi) is 3.97. The van der Waals surface area contributed by atoms with E-state index in [9.17, 15) is 9.18 Å². The first-order chi connectivity index (χ1) is 9.49. The summed E-state index contributed by atoms with van der Waals surface area (Å²) in [6, 6.07) is 3.96. The number of hydrogen-bond donors (Lipinski definition) is 1. The van der Waals surface area contributed by atoms with Gasteiger partial charge in [-0.25, -0.2) is 14.1 Å². The molecule has 106 valence electrons. The van der Waals surface area contributed by atoms with Crippen LogP contribution in [0, 0.1) is 5.82 Å². The van der Waals surface area contributed by atoms with Gasteiger partial charge in [0.15, 0.2) is 17.4 Å². The van der Waals surface area contributed by atoms with Gasteiger partial charge < -0.3 is 10.5 Å². The van der Waals surface area contributed by atoms with Crippen LogP contribution in [0.1, 0.15) is 36.1 Å².